The van der Waals surface area contributed by atoms with Gasteiger partial charge in [0.1, 0.15) is 4.90 Å². The Morgan fingerprint density at radius 3 is 2.44 bits per heavy atom. The van der Waals surface area contributed by atoms with Crippen LogP contribution >= 0.6 is 11.6 Å². The van der Waals surface area contributed by atoms with Crippen molar-refractivity contribution in [2.24, 2.45) is 0 Å². The molecule has 3 N–H and O–H groups in total. The zero-order valence-electron chi connectivity index (χ0n) is 20.2. The molecule has 8 nitrogen and oxygen atoms in total. The maximum atomic E-state index is 13.1. The van der Waals surface area contributed by atoms with Gasteiger partial charge in [-0.1, -0.05) is 35.9 Å². The number of hydrogen-bond acceptors (Lipinski definition) is 5. The Hall–Kier alpha value is -3.40. The van der Waals surface area contributed by atoms with E-state index in [1.54, 1.807) is 44.4 Å². The van der Waals surface area contributed by atoms with Gasteiger partial charge in [0.05, 0.1) is 22.0 Å². The van der Waals surface area contributed by atoms with Crippen LogP contribution in [-0.2, 0) is 14.8 Å². The largest absolute Gasteiger partial charge is 0.385 e. The van der Waals surface area contributed by atoms with E-state index in [1.165, 1.54) is 18.2 Å². The Morgan fingerprint density at radius 2 is 1.69 bits per heavy atom. The van der Waals surface area contributed by atoms with Gasteiger partial charge in [-0.15, -0.1) is 0 Å². The molecule has 0 bridgehead atoms. The molecule has 0 saturated carbocycles. The summed E-state index contributed by atoms with van der Waals surface area (Å²) in [6.07, 6.45) is 0.648. The minimum atomic E-state index is -4.09. The number of carbonyl (C=O) groups is 2. The number of rotatable bonds is 10. The van der Waals surface area contributed by atoms with Crippen molar-refractivity contribution in [2.45, 2.75) is 25.2 Å². The van der Waals surface area contributed by atoms with Crippen LogP contribution in [0.5, 0.6) is 0 Å². The predicted molar refractivity (Wildman–Crippen MR) is 141 cm³/mol. The Kier molecular flexibility index (Phi) is 9.08. The zero-order chi connectivity index (χ0) is 26.3. The number of amides is 2. The highest BCUT2D eigenvalue weighted by molar-refractivity contribution is 7.92. The molecule has 0 aliphatic carbocycles. The lowest BCUT2D eigenvalue weighted by Gasteiger charge is -2.14. The molecule has 36 heavy (non-hydrogen) atoms. The third kappa shape index (κ3) is 6.84. The van der Waals surface area contributed by atoms with Crippen molar-refractivity contribution in [3.8, 4) is 0 Å². The Bertz CT molecular complexity index is 1380. The summed E-state index contributed by atoms with van der Waals surface area (Å²) in [6, 6.07) is 15.9. The first-order valence-corrected chi connectivity index (χ1v) is 13.1. The van der Waals surface area contributed by atoms with Crippen molar-refractivity contribution < 1.29 is 22.7 Å². The first-order chi connectivity index (χ1) is 17.1. The third-order valence-electron chi connectivity index (χ3n) is 5.35. The number of anilines is 2. The van der Waals surface area contributed by atoms with Gasteiger partial charge in [-0.25, -0.2) is 8.42 Å². The maximum Gasteiger partial charge on any atom is 0.263 e. The van der Waals surface area contributed by atoms with Gasteiger partial charge in [0.15, 0.2) is 0 Å². The average molecular weight is 530 g/mol. The van der Waals surface area contributed by atoms with Gasteiger partial charge in [-0.2, -0.15) is 0 Å². The standard InChI is InChI=1S/C26H28ClN3O5S/c1-17-9-10-18(2)23(15-17)30-36(33,34)24-16-19(11-12-21(24)27)25(31)29-22-8-5-4-7-20(22)26(32)28-13-6-14-35-3/h4-5,7-12,15-16,30H,6,13-14H2,1-3H3,(H,28,32)(H,29,31). The van der Waals surface area contributed by atoms with E-state index < -0.39 is 15.9 Å². The van der Waals surface area contributed by atoms with E-state index >= 15 is 0 Å². The molecular formula is C26H28ClN3O5S. The summed E-state index contributed by atoms with van der Waals surface area (Å²) in [5.41, 5.74) is 2.69. The second-order valence-corrected chi connectivity index (χ2v) is 10.2. The molecule has 0 aliphatic heterocycles. The normalized spacial score (nSPS) is 11.1. The average Bonchev–Trinajstić information content (AvgIpc) is 2.84. The summed E-state index contributed by atoms with van der Waals surface area (Å²) >= 11 is 6.21. The van der Waals surface area contributed by atoms with Crippen LogP contribution in [0.3, 0.4) is 0 Å². The van der Waals surface area contributed by atoms with E-state index in [-0.39, 0.29) is 27.0 Å². The summed E-state index contributed by atoms with van der Waals surface area (Å²) in [4.78, 5) is 25.4. The number of carbonyl (C=O) groups excluding carboxylic acids is 2. The van der Waals surface area contributed by atoms with E-state index in [1.807, 2.05) is 19.1 Å². The van der Waals surface area contributed by atoms with Crippen molar-refractivity contribution in [3.63, 3.8) is 0 Å². The minimum Gasteiger partial charge on any atom is -0.385 e. The fourth-order valence-electron chi connectivity index (χ4n) is 3.39. The summed E-state index contributed by atoms with van der Waals surface area (Å²) < 4.78 is 33.8. The Labute approximate surface area is 216 Å². The second kappa shape index (κ2) is 12.0. The fourth-order valence-corrected chi connectivity index (χ4v) is 5.04. The third-order valence-corrected chi connectivity index (χ3v) is 7.20. The van der Waals surface area contributed by atoms with Crippen LogP contribution < -0.4 is 15.4 Å². The number of ether oxygens (including phenoxy) is 1. The number of nitrogens with one attached hydrogen (secondary N) is 3. The molecule has 3 aromatic rings. The summed E-state index contributed by atoms with van der Waals surface area (Å²) in [5.74, 6) is -0.936. The minimum absolute atomic E-state index is 0.0276. The second-order valence-electron chi connectivity index (χ2n) is 8.17. The van der Waals surface area contributed by atoms with Gasteiger partial charge in [-0.05, 0) is 67.8 Å². The van der Waals surface area contributed by atoms with Crippen molar-refractivity contribution in [1.82, 2.24) is 5.32 Å². The molecule has 2 amide bonds. The van der Waals surface area contributed by atoms with Gasteiger partial charge in [-0.3, -0.25) is 14.3 Å². The van der Waals surface area contributed by atoms with Crippen LogP contribution in [0.15, 0.2) is 65.6 Å². The molecule has 0 saturated heterocycles. The van der Waals surface area contributed by atoms with E-state index in [2.05, 4.69) is 15.4 Å². The zero-order valence-corrected chi connectivity index (χ0v) is 21.8. The smallest absolute Gasteiger partial charge is 0.263 e. The first kappa shape index (κ1) is 27.2. The molecule has 0 aliphatic rings. The number of aryl methyl sites for hydroxylation is 2. The molecule has 0 fully saturated rings. The lowest BCUT2D eigenvalue weighted by atomic mass is 10.1. The predicted octanol–water partition coefficient (Wildman–Crippen LogP) is 4.78. The van der Waals surface area contributed by atoms with Crippen LogP contribution in [0.2, 0.25) is 5.02 Å². The first-order valence-electron chi connectivity index (χ1n) is 11.2. The number of methoxy groups -OCH3 is 1. The van der Waals surface area contributed by atoms with Gasteiger partial charge < -0.3 is 15.4 Å². The molecule has 0 radical (unpaired) electrons. The maximum absolute atomic E-state index is 13.1. The number of hydrogen-bond donors (Lipinski definition) is 3. The quantitative estimate of drug-likeness (QED) is 0.327. The topological polar surface area (TPSA) is 114 Å². The van der Waals surface area contributed by atoms with Gasteiger partial charge >= 0.3 is 0 Å². The van der Waals surface area contributed by atoms with Crippen LogP contribution in [-0.4, -0.2) is 40.5 Å². The highest BCUT2D eigenvalue weighted by Gasteiger charge is 2.22. The molecule has 0 atom stereocenters. The monoisotopic (exact) mass is 529 g/mol. The highest BCUT2D eigenvalue weighted by atomic mass is 35.5. The van der Waals surface area contributed by atoms with E-state index in [4.69, 9.17) is 16.3 Å². The van der Waals surface area contributed by atoms with Crippen LogP contribution in [0, 0.1) is 13.8 Å². The molecule has 0 heterocycles. The van der Waals surface area contributed by atoms with E-state index in [0.29, 0.717) is 30.9 Å². The van der Waals surface area contributed by atoms with Gasteiger partial charge in [0.25, 0.3) is 21.8 Å². The number of para-hydroxylation sites is 1. The molecule has 3 rings (SSSR count). The molecule has 190 valence electrons. The Balaban J connectivity index is 1.83. The molecule has 10 heteroatoms. The van der Waals surface area contributed by atoms with E-state index in [0.717, 1.165) is 11.1 Å². The van der Waals surface area contributed by atoms with Crippen molar-refractivity contribution in [1.29, 1.82) is 0 Å². The molecule has 0 unspecified atom stereocenters. The van der Waals surface area contributed by atoms with Crippen LogP contribution in [0.1, 0.15) is 38.3 Å². The van der Waals surface area contributed by atoms with Crippen LogP contribution in [0.4, 0.5) is 11.4 Å². The highest BCUT2D eigenvalue weighted by Crippen LogP contribution is 2.27. The van der Waals surface area contributed by atoms with Crippen LogP contribution in [0.25, 0.3) is 0 Å². The fraction of sp³-hybridized carbons (Fsp3) is 0.231. The summed E-state index contributed by atoms with van der Waals surface area (Å²) in [7, 11) is -2.50. The summed E-state index contributed by atoms with van der Waals surface area (Å²) in [5, 5.41) is 5.44. The van der Waals surface area contributed by atoms with E-state index in [9.17, 15) is 18.0 Å². The molecular weight excluding hydrogens is 502 g/mol. The Morgan fingerprint density at radius 1 is 0.944 bits per heavy atom. The van der Waals surface area contributed by atoms with Crippen molar-refractivity contribution in [3.05, 3.63) is 87.9 Å². The molecule has 0 spiro atoms. The number of halogens is 1. The van der Waals surface area contributed by atoms with Crippen molar-refractivity contribution >= 4 is 44.8 Å². The van der Waals surface area contributed by atoms with Gasteiger partial charge in [0.2, 0.25) is 0 Å². The van der Waals surface area contributed by atoms with Crippen molar-refractivity contribution in [2.75, 3.05) is 30.3 Å². The summed E-state index contributed by atoms with van der Waals surface area (Å²) in [6.45, 7) is 4.57. The SMILES string of the molecule is COCCCNC(=O)c1ccccc1NC(=O)c1ccc(Cl)c(S(=O)(=O)Nc2cc(C)ccc2C)c1. The number of benzene rings is 3. The lowest BCUT2D eigenvalue weighted by molar-refractivity contribution is 0.0949. The molecule has 3 aromatic carbocycles. The number of sulfonamides is 1. The molecule has 0 aromatic heterocycles. The lowest BCUT2D eigenvalue weighted by Crippen LogP contribution is -2.26. The van der Waals surface area contributed by atoms with Gasteiger partial charge in [0, 0.05) is 25.8 Å².